The lowest BCUT2D eigenvalue weighted by Crippen LogP contribution is -2.53. The second kappa shape index (κ2) is 6.37. The normalized spacial score (nSPS) is 15.4. The molecule has 6 nitrogen and oxygen atoms in total. The Labute approximate surface area is 133 Å². The van der Waals surface area contributed by atoms with E-state index < -0.39 is 5.97 Å². The van der Waals surface area contributed by atoms with Gasteiger partial charge < -0.3 is 9.47 Å². The number of aromatic nitrogens is 2. The molecule has 0 saturated carbocycles. The maximum absolute atomic E-state index is 11.6. The number of nitrogens with one attached hydrogen (secondary N) is 1. The van der Waals surface area contributed by atoms with Gasteiger partial charge in [-0.15, -0.1) is 0 Å². The van der Waals surface area contributed by atoms with Gasteiger partial charge in [0.2, 0.25) is 0 Å². The van der Waals surface area contributed by atoms with Gasteiger partial charge in [-0.2, -0.15) is 5.10 Å². The lowest BCUT2D eigenvalue weighted by Gasteiger charge is -2.39. The van der Waals surface area contributed by atoms with Crippen molar-refractivity contribution >= 4 is 17.6 Å². The first-order valence-electron chi connectivity index (χ1n) is 6.91. The highest BCUT2D eigenvalue weighted by molar-refractivity contribution is 6.32. The first kappa shape index (κ1) is 14.9. The summed E-state index contributed by atoms with van der Waals surface area (Å²) in [5, 5.41) is 7.18. The first-order valence-corrected chi connectivity index (χ1v) is 7.29. The van der Waals surface area contributed by atoms with E-state index in [4.69, 9.17) is 21.1 Å². The molecule has 2 heterocycles. The van der Waals surface area contributed by atoms with Crippen LogP contribution in [0, 0.1) is 0 Å². The number of nitrogens with zero attached hydrogens (tertiary/aromatic N) is 2. The Kier molecular flexibility index (Phi) is 4.31. The van der Waals surface area contributed by atoms with Crippen LogP contribution >= 0.6 is 11.6 Å². The Balaban J connectivity index is 1.53. The molecule has 116 valence electrons. The zero-order valence-electron chi connectivity index (χ0n) is 12.1. The molecule has 2 aromatic rings. The predicted molar refractivity (Wildman–Crippen MR) is 81.1 cm³/mol. The van der Waals surface area contributed by atoms with E-state index in [1.54, 1.807) is 12.3 Å². The lowest BCUT2D eigenvalue weighted by molar-refractivity contribution is 0.0143. The molecular formula is C15H16ClN3O3. The number of aromatic amines is 1. The highest BCUT2D eigenvalue weighted by Crippen LogP contribution is 2.27. The number of H-pyrrole nitrogens is 1. The van der Waals surface area contributed by atoms with Crippen LogP contribution in [-0.4, -0.2) is 47.4 Å². The fraction of sp³-hybridized carbons (Fsp3) is 0.333. The second-order valence-corrected chi connectivity index (χ2v) is 5.53. The number of methoxy groups -OCH3 is 1. The summed E-state index contributed by atoms with van der Waals surface area (Å²) in [5.41, 5.74) is 1.22. The number of likely N-dealkylation sites (tertiary alicyclic amines) is 1. The Morgan fingerprint density at radius 3 is 2.95 bits per heavy atom. The number of esters is 1. The highest BCUT2D eigenvalue weighted by atomic mass is 35.5. The highest BCUT2D eigenvalue weighted by Gasteiger charge is 2.30. The molecule has 0 bridgehead atoms. The largest absolute Gasteiger partial charge is 0.486 e. The number of benzene rings is 1. The minimum atomic E-state index is -0.406. The summed E-state index contributed by atoms with van der Waals surface area (Å²) in [6.45, 7) is 2.18. The second-order valence-electron chi connectivity index (χ2n) is 5.13. The van der Waals surface area contributed by atoms with Crippen LogP contribution in [0.3, 0.4) is 0 Å². The number of ether oxygens (including phenoxy) is 2. The monoisotopic (exact) mass is 321 g/mol. The third kappa shape index (κ3) is 3.08. The number of halogens is 1. The third-order valence-corrected chi connectivity index (χ3v) is 3.87. The van der Waals surface area contributed by atoms with Gasteiger partial charge in [-0.1, -0.05) is 23.7 Å². The molecule has 3 rings (SSSR count). The van der Waals surface area contributed by atoms with Gasteiger partial charge >= 0.3 is 5.97 Å². The van der Waals surface area contributed by atoms with Crippen molar-refractivity contribution in [3.8, 4) is 5.75 Å². The van der Waals surface area contributed by atoms with Crippen LogP contribution in [0.15, 0.2) is 30.5 Å². The molecule has 1 aromatic carbocycles. The van der Waals surface area contributed by atoms with Crippen LogP contribution in [0.1, 0.15) is 16.1 Å². The summed E-state index contributed by atoms with van der Waals surface area (Å²) in [7, 11) is 1.35. The van der Waals surface area contributed by atoms with Crippen LogP contribution < -0.4 is 4.74 Å². The van der Waals surface area contributed by atoms with E-state index in [1.165, 1.54) is 7.11 Å². The molecule has 0 atom stereocenters. The van der Waals surface area contributed by atoms with Gasteiger partial charge in [-0.3, -0.25) is 10.00 Å². The zero-order chi connectivity index (χ0) is 15.5. The number of hydrogen-bond acceptors (Lipinski definition) is 5. The number of carbonyl (C=O) groups excluding carboxylic acids is 1. The van der Waals surface area contributed by atoms with Gasteiger partial charge in [-0.25, -0.2) is 4.79 Å². The quantitative estimate of drug-likeness (QED) is 0.854. The number of hydrogen-bond donors (Lipinski definition) is 1. The molecule has 0 spiro atoms. The first-order chi connectivity index (χ1) is 10.7. The van der Waals surface area contributed by atoms with Crippen molar-refractivity contribution in [1.82, 2.24) is 15.1 Å². The van der Waals surface area contributed by atoms with E-state index in [0.717, 1.165) is 18.7 Å². The van der Waals surface area contributed by atoms with E-state index in [0.29, 0.717) is 23.0 Å². The van der Waals surface area contributed by atoms with Crippen molar-refractivity contribution in [2.45, 2.75) is 12.6 Å². The molecule has 1 aromatic heterocycles. The number of carbonyl (C=O) groups is 1. The van der Waals surface area contributed by atoms with Crippen LogP contribution in [0.4, 0.5) is 0 Å². The van der Waals surface area contributed by atoms with Gasteiger partial charge in [-0.05, 0) is 12.1 Å². The molecule has 0 radical (unpaired) electrons. The van der Waals surface area contributed by atoms with Gasteiger partial charge in [0.05, 0.1) is 18.3 Å². The average Bonchev–Trinajstić information content (AvgIpc) is 2.94. The summed E-state index contributed by atoms with van der Waals surface area (Å²) < 4.78 is 10.6. The Morgan fingerprint density at radius 1 is 1.45 bits per heavy atom. The van der Waals surface area contributed by atoms with Crippen molar-refractivity contribution in [1.29, 1.82) is 0 Å². The van der Waals surface area contributed by atoms with Crippen LogP contribution in [0.2, 0.25) is 5.02 Å². The summed E-state index contributed by atoms with van der Waals surface area (Å²) in [5.74, 6) is 0.296. The van der Waals surface area contributed by atoms with Gasteiger partial charge in [0.1, 0.15) is 17.5 Å². The van der Waals surface area contributed by atoms with Crippen LogP contribution in [0.5, 0.6) is 5.75 Å². The van der Waals surface area contributed by atoms with Gasteiger partial charge in [0, 0.05) is 25.2 Å². The average molecular weight is 322 g/mol. The minimum Gasteiger partial charge on any atom is -0.486 e. The standard InChI is InChI=1S/C15H16ClN3O3/c1-21-15(20)14-10(6-17-18-14)7-19-8-11(9-19)22-13-5-3-2-4-12(13)16/h2-6,11H,7-9H2,1H3,(H,17,18). The molecule has 1 aliphatic rings. The molecule has 0 unspecified atom stereocenters. The molecule has 22 heavy (non-hydrogen) atoms. The minimum absolute atomic E-state index is 0.105. The molecule has 0 aliphatic carbocycles. The van der Waals surface area contributed by atoms with Gasteiger partial charge in [0.15, 0.2) is 0 Å². The summed E-state index contributed by atoms with van der Waals surface area (Å²) in [6.07, 6.45) is 1.75. The molecule has 1 aliphatic heterocycles. The number of para-hydroxylation sites is 1. The van der Waals surface area contributed by atoms with Crippen molar-refractivity contribution in [2.75, 3.05) is 20.2 Å². The molecule has 7 heteroatoms. The van der Waals surface area contributed by atoms with Crippen molar-refractivity contribution in [2.24, 2.45) is 0 Å². The fourth-order valence-electron chi connectivity index (χ4n) is 2.40. The molecule has 1 N–H and O–H groups in total. The third-order valence-electron chi connectivity index (χ3n) is 3.56. The molecule has 0 amide bonds. The predicted octanol–water partition coefficient (Wildman–Crippen LogP) is 2.11. The smallest absolute Gasteiger partial charge is 0.356 e. The van der Waals surface area contributed by atoms with E-state index in [-0.39, 0.29) is 6.10 Å². The fourth-order valence-corrected chi connectivity index (χ4v) is 2.58. The summed E-state index contributed by atoms with van der Waals surface area (Å²) in [6, 6.07) is 7.43. The Morgan fingerprint density at radius 2 is 2.23 bits per heavy atom. The topological polar surface area (TPSA) is 67.5 Å². The van der Waals surface area contributed by atoms with Gasteiger partial charge in [0.25, 0.3) is 0 Å². The van der Waals surface area contributed by atoms with Crippen LogP contribution in [-0.2, 0) is 11.3 Å². The van der Waals surface area contributed by atoms with E-state index >= 15 is 0 Å². The Bertz CT molecular complexity index is 668. The van der Waals surface area contributed by atoms with E-state index in [2.05, 4.69) is 15.1 Å². The summed E-state index contributed by atoms with van der Waals surface area (Å²) >= 11 is 6.07. The SMILES string of the molecule is COC(=O)c1[nH]ncc1CN1CC(Oc2ccccc2Cl)C1. The van der Waals surface area contributed by atoms with E-state index in [9.17, 15) is 4.79 Å². The lowest BCUT2D eigenvalue weighted by atomic mass is 10.1. The van der Waals surface area contributed by atoms with Crippen LogP contribution in [0.25, 0.3) is 0 Å². The summed E-state index contributed by atoms with van der Waals surface area (Å²) in [4.78, 5) is 13.7. The van der Waals surface area contributed by atoms with Crippen molar-refractivity contribution < 1.29 is 14.3 Å². The zero-order valence-corrected chi connectivity index (χ0v) is 12.8. The Hall–Kier alpha value is -2.05. The van der Waals surface area contributed by atoms with Crippen molar-refractivity contribution in [3.05, 3.63) is 46.7 Å². The molecule has 1 fully saturated rings. The maximum atomic E-state index is 11.6. The number of rotatable bonds is 5. The van der Waals surface area contributed by atoms with E-state index in [1.807, 2.05) is 18.2 Å². The van der Waals surface area contributed by atoms with Crippen molar-refractivity contribution in [3.63, 3.8) is 0 Å². The molecular weight excluding hydrogens is 306 g/mol. The maximum Gasteiger partial charge on any atom is 0.356 e. The molecule has 1 saturated heterocycles.